The van der Waals surface area contributed by atoms with Crippen LogP contribution in [0.2, 0.25) is 0 Å². The van der Waals surface area contributed by atoms with Gasteiger partial charge in [0, 0.05) is 24.3 Å². The number of phenols is 1. The van der Waals surface area contributed by atoms with Crippen molar-refractivity contribution in [3.8, 4) is 11.5 Å². The maximum atomic E-state index is 12.4. The van der Waals surface area contributed by atoms with E-state index in [1.807, 2.05) is 59.8 Å². The number of carbonyl (C=O) groups excluding carboxylic acids is 2. The van der Waals surface area contributed by atoms with E-state index in [9.17, 15) is 14.7 Å². The Morgan fingerprint density at radius 2 is 1.78 bits per heavy atom. The van der Waals surface area contributed by atoms with E-state index >= 15 is 0 Å². The second-order valence-electron chi connectivity index (χ2n) is 9.09. The molecule has 0 heterocycles. The Labute approximate surface area is 194 Å². The van der Waals surface area contributed by atoms with Crippen LogP contribution in [0.3, 0.4) is 0 Å². The van der Waals surface area contributed by atoms with E-state index in [1.54, 1.807) is 19.3 Å². The van der Waals surface area contributed by atoms with E-state index in [2.05, 4.69) is 0 Å². The molecular weight excluding hydrogens is 400 g/mol. The van der Waals surface area contributed by atoms with Gasteiger partial charge in [-0.05, 0) is 84.1 Å². The van der Waals surface area contributed by atoms with E-state index in [-0.39, 0.29) is 23.2 Å². The molecular formula is C28H40O4. The predicted octanol–water partition coefficient (Wildman–Crippen LogP) is 6.84. The molecule has 1 aromatic carbocycles. The molecule has 32 heavy (non-hydrogen) atoms. The lowest BCUT2D eigenvalue weighted by molar-refractivity contribution is -0.121. The van der Waals surface area contributed by atoms with Crippen molar-refractivity contribution in [3.05, 3.63) is 58.2 Å². The fourth-order valence-electron chi connectivity index (χ4n) is 3.47. The standard InChI is InChI=1S/C28H40O4/c1-19(2)11-14-27(30)22(5)10-8-9-20(3)15-25(29)16-21(4)12-13-24-18-26(32-7)17-23(6)28(24)31/h11-12,15,17-18,22,31H,8-10,13-14,16H2,1-7H3/b20-15-,21-12+. The molecule has 0 amide bonds. The topological polar surface area (TPSA) is 63.6 Å². The lowest BCUT2D eigenvalue weighted by Gasteiger charge is -2.10. The number of methoxy groups -OCH3 is 1. The fourth-order valence-corrected chi connectivity index (χ4v) is 3.47. The number of Topliss-reactive ketones (excluding diaryl/α,β-unsaturated/α-hetero) is 1. The summed E-state index contributed by atoms with van der Waals surface area (Å²) >= 11 is 0. The number of hydrogen-bond acceptors (Lipinski definition) is 4. The zero-order valence-corrected chi connectivity index (χ0v) is 20.9. The highest BCUT2D eigenvalue weighted by Gasteiger charge is 2.11. The molecule has 1 rings (SSSR count). The number of hydrogen-bond donors (Lipinski definition) is 1. The average molecular weight is 441 g/mol. The largest absolute Gasteiger partial charge is 0.507 e. The minimum absolute atomic E-state index is 0.0518. The number of rotatable bonds is 13. The molecule has 4 nitrogen and oxygen atoms in total. The Hall–Kier alpha value is -2.62. The van der Waals surface area contributed by atoms with Crippen LogP contribution in [0.5, 0.6) is 11.5 Å². The van der Waals surface area contributed by atoms with Gasteiger partial charge in [0.2, 0.25) is 0 Å². The molecule has 0 aromatic heterocycles. The van der Waals surface area contributed by atoms with Crippen LogP contribution in [-0.2, 0) is 16.0 Å². The monoisotopic (exact) mass is 440 g/mol. The van der Waals surface area contributed by atoms with Crippen molar-refractivity contribution in [3.63, 3.8) is 0 Å². The number of aryl methyl sites for hydroxylation is 1. The number of aromatic hydroxyl groups is 1. The van der Waals surface area contributed by atoms with Crippen molar-refractivity contribution in [1.29, 1.82) is 0 Å². The summed E-state index contributed by atoms with van der Waals surface area (Å²) in [7, 11) is 1.60. The third kappa shape index (κ3) is 10.1. The normalized spacial score (nSPS) is 13.0. The molecule has 1 aromatic rings. The van der Waals surface area contributed by atoms with Crippen molar-refractivity contribution in [1.82, 2.24) is 0 Å². The van der Waals surface area contributed by atoms with Gasteiger partial charge in [-0.1, -0.05) is 35.8 Å². The van der Waals surface area contributed by atoms with Crippen LogP contribution in [0.25, 0.3) is 0 Å². The molecule has 0 spiro atoms. The Balaban J connectivity index is 2.53. The number of ether oxygens (including phenoxy) is 1. The number of carbonyl (C=O) groups is 2. The van der Waals surface area contributed by atoms with E-state index in [0.29, 0.717) is 25.0 Å². The highest BCUT2D eigenvalue weighted by atomic mass is 16.5. The molecule has 0 aliphatic rings. The molecule has 176 valence electrons. The number of phenolic OH excluding ortho intramolecular Hbond substituents is 1. The molecule has 1 atom stereocenters. The molecule has 0 saturated heterocycles. The predicted molar refractivity (Wildman–Crippen MR) is 132 cm³/mol. The second kappa shape index (κ2) is 13.7. The molecule has 0 saturated carbocycles. The number of allylic oxidation sites excluding steroid dienone is 6. The van der Waals surface area contributed by atoms with Crippen LogP contribution in [0.15, 0.2) is 47.1 Å². The third-order valence-electron chi connectivity index (χ3n) is 5.59. The number of benzene rings is 1. The van der Waals surface area contributed by atoms with Gasteiger partial charge in [-0.25, -0.2) is 0 Å². The average Bonchev–Trinajstić information content (AvgIpc) is 2.72. The molecule has 1 unspecified atom stereocenters. The Morgan fingerprint density at radius 1 is 1.09 bits per heavy atom. The molecule has 4 heteroatoms. The lowest BCUT2D eigenvalue weighted by atomic mass is 9.95. The maximum absolute atomic E-state index is 12.4. The molecule has 1 N–H and O–H groups in total. The minimum Gasteiger partial charge on any atom is -0.507 e. The van der Waals surface area contributed by atoms with Crippen LogP contribution in [-0.4, -0.2) is 23.8 Å². The smallest absolute Gasteiger partial charge is 0.159 e. The van der Waals surface area contributed by atoms with Gasteiger partial charge in [-0.15, -0.1) is 0 Å². The van der Waals surface area contributed by atoms with Crippen molar-refractivity contribution < 1.29 is 19.4 Å². The van der Waals surface area contributed by atoms with Gasteiger partial charge in [-0.3, -0.25) is 9.59 Å². The third-order valence-corrected chi connectivity index (χ3v) is 5.59. The summed E-state index contributed by atoms with van der Waals surface area (Å²) in [6, 6.07) is 3.62. The lowest BCUT2D eigenvalue weighted by Crippen LogP contribution is -2.09. The van der Waals surface area contributed by atoms with Gasteiger partial charge >= 0.3 is 0 Å². The first-order valence-corrected chi connectivity index (χ1v) is 11.4. The van der Waals surface area contributed by atoms with Crippen molar-refractivity contribution in [2.24, 2.45) is 5.92 Å². The van der Waals surface area contributed by atoms with Crippen LogP contribution < -0.4 is 4.74 Å². The van der Waals surface area contributed by atoms with Gasteiger partial charge in [0.1, 0.15) is 17.3 Å². The molecule has 0 bridgehead atoms. The van der Waals surface area contributed by atoms with E-state index in [0.717, 1.165) is 41.5 Å². The van der Waals surface area contributed by atoms with Crippen molar-refractivity contribution in [2.75, 3.05) is 7.11 Å². The van der Waals surface area contributed by atoms with Crippen LogP contribution in [0.4, 0.5) is 0 Å². The van der Waals surface area contributed by atoms with Gasteiger partial charge in [-0.2, -0.15) is 0 Å². The summed E-state index contributed by atoms with van der Waals surface area (Å²) in [5.74, 6) is 1.39. The van der Waals surface area contributed by atoms with Gasteiger partial charge in [0.05, 0.1) is 7.11 Å². The summed E-state index contributed by atoms with van der Waals surface area (Å²) in [5.41, 5.74) is 4.74. The van der Waals surface area contributed by atoms with E-state index in [4.69, 9.17) is 4.74 Å². The first-order valence-electron chi connectivity index (χ1n) is 11.4. The number of ketones is 2. The Morgan fingerprint density at radius 3 is 2.41 bits per heavy atom. The zero-order chi connectivity index (χ0) is 24.3. The summed E-state index contributed by atoms with van der Waals surface area (Å²) in [6.07, 6.45) is 9.67. The van der Waals surface area contributed by atoms with E-state index < -0.39 is 0 Å². The Kier molecular flexibility index (Phi) is 11.8. The quantitative estimate of drug-likeness (QED) is 0.269. The highest BCUT2D eigenvalue weighted by molar-refractivity contribution is 5.91. The zero-order valence-electron chi connectivity index (χ0n) is 20.9. The van der Waals surface area contributed by atoms with E-state index in [1.165, 1.54) is 5.57 Å². The second-order valence-corrected chi connectivity index (χ2v) is 9.09. The first kappa shape index (κ1) is 27.4. The molecule has 0 radical (unpaired) electrons. The summed E-state index contributed by atoms with van der Waals surface area (Å²) in [5, 5.41) is 10.3. The van der Waals surface area contributed by atoms with Crippen LogP contribution in [0.1, 0.15) is 77.8 Å². The minimum atomic E-state index is 0.0518. The summed E-state index contributed by atoms with van der Waals surface area (Å²) in [6.45, 7) is 11.7. The van der Waals surface area contributed by atoms with Crippen LogP contribution >= 0.6 is 0 Å². The summed E-state index contributed by atoms with van der Waals surface area (Å²) < 4.78 is 5.27. The molecule has 0 fully saturated rings. The van der Waals surface area contributed by atoms with Crippen LogP contribution in [0, 0.1) is 12.8 Å². The van der Waals surface area contributed by atoms with Crippen molar-refractivity contribution in [2.45, 2.75) is 80.1 Å². The maximum Gasteiger partial charge on any atom is 0.159 e. The van der Waals surface area contributed by atoms with Gasteiger partial charge in [0.15, 0.2) is 5.78 Å². The Bertz CT molecular complexity index is 883. The van der Waals surface area contributed by atoms with Gasteiger partial charge in [0.25, 0.3) is 0 Å². The SMILES string of the molecule is COc1cc(C)c(O)c(C/C=C(\C)CC(=O)/C=C(/C)CCCC(C)C(=O)CC=C(C)C)c1. The summed E-state index contributed by atoms with van der Waals surface area (Å²) in [4.78, 5) is 24.5. The highest BCUT2D eigenvalue weighted by Crippen LogP contribution is 2.28. The molecule has 0 aliphatic heterocycles. The fraction of sp³-hybridized carbons (Fsp3) is 0.500. The first-order chi connectivity index (χ1) is 15.0. The van der Waals surface area contributed by atoms with Crippen molar-refractivity contribution >= 4 is 11.6 Å². The molecule has 0 aliphatic carbocycles. The van der Waals surface area contributed by atoms with Gasteiger partial charge < -0.3 is 9.84 Å².